The lowest BCUT2D eigenvalue weighted by Gasteiger charge is -2.07. The van der Waals surface area contributed by atoms with Crippen molar-refractivity contribution in [3.05, 3.63) is 77.9 Å². The number of hydrogen-bond donors (Lipinski definition) is 1. The monoisotopic (exact) mass is 400 g/mol. The molecular formula is C25H24N2O3. The summed E-state index contributed by atoms with van der Waals surface area (Å²) in [6, 6.07) is 20.6. The molecule has 5 heteroatoms. The van der Waals surface area contributed by atoms with E-state index in [1.807, 2.05) is 30.3 Å². The number of benzene rings is 3. The third kappa shape index (κ3) is 4.06. The van der Waals surface area contributed by atoms with E-state index < -0.39 is 0 Å². The van der Waals surface area contributed by atoms with Crippen LogP contribution in [0, 0.1) is 0 Å². The molecule has 152 valence electrons. The van der Waals surface area contributed by atoms with Gasteiger partial charge in [0.1, 0.15) is 11.3 Å². The van der Waals surface area contributed by atoms with E-state index in [9.17, 15) is 4.79 Å². The van der Waals surface area contributed by atoms with Gasteiger partial charge in [-0.25, -0.2) is 4.98 Å². The quantitative estimate of drug-likeness (QED) is 0.414. The Morgan fingerprint density at radius 2 is 1.80 bits per heavy atom. The first-order valence-electron chi connectivity index (χ1n) is 10.0. The number of nitrogens with one attached hydrogen (secondary N) is 1. The lowest BCUT2D eigenvalue weighted by atomic mass is 9.98. The van der Waals surface area contributed by atoms with E-state index in [2.05, 4.69) is 36.3 Å². The maximum absolute atomic E-state index is 12.4. The number of anilines is 1. The highest BCUT2D eigenvalue weighted by Gasteiger charge is 2.12. The second-order valence-corrected chi connectivity index (χ2v) is 7.32. The van der Waals surface area contributed by atoms with Crippen LogP contribution < -0.4 is 10.1 Å². The zero-order chi connectivity index (χ0) is 21.1. The Balaban J connectivity index is 1.50. The molecule has 1 N–H and O–H groups in total. The zero-order valence-corrected chi connectivity index (χ0v) is 17.3. The number of hydrogen-bond acceptors (Lipinski definition) is 4. The highest BCUT2D eigenvalue weighted by atomic mass is 16.5. The van der Waals surface area contributed by atoms with Crippen LogP contribution in [0.15, 0.2) is 71.1 Å². The lowest BCUT2D eigenvalue weighted by molar-refractivity contribution is 0.102. The van der Waals surface area contributed by atoms with E-state index in [1.165, 1.54) is 5.56 Å². The van der Waals surface area contributed by atoms with Gasteiger partial charge in [-0.15, -0.1) is 0 Å². The molecule has 30 heavy (non-hydrogen) atoms. The van der Waals surface area contributed by atoms with E-state index in [4.69, 9.17) is 9.15 Å². The molecule has 1 aromatic heterocycles. The molecule has 0 bridgehead atoms. The van der Waals surface area contributed by atoms with Crippen LogP contribution in [0.3, 0.4) is 0 Å². The molecule has 3 aromatic carbocycles. The second-order valence-electron chi connectivity index (χ2n) is 7.32. The van der Waals surface area contributed by atoms with E-state index in [0.29, 0.717) is 28.8 Å². The number of ether oxygens (including phenoxy) is 1. The Bertz CT molecular complexity index is 1160. The number of nitrogens with zero attached hydrogens (tertiary/aromatic N) is 1. The molecule has 0 fully saturated rings. The van der Waals surface area contributed by atoms with Crippen molar-refractivity contribution in [1.29, 1.82) is 0 Å². The third-order valence-corrected chi connectivity index (χ3v) is 5.33. The third-order valence-electron chi connectivity index (χ3n) is 5.33. The average molecular weight is 400 g/mol. The maximum atomic E-state index is 12.4. The summed E-state index contributed by atoms with van der Waals surface area (Å²) < 4.78 is 11.0. The van der Waals surface area contributed by atoms with E-state index in [-0.39, 0.29) is 5.91 Å². The smallest absolute Gasteiger partial charge is 0.255 e. The fourth-order valence-corrected chi connectivity index (χ4v) is 3.25. The number of fused-ring (bicyclic) bond motifs is 1. The van der Waals surface area contributed by atoms with Crippen molar-refractivity contribution in [3.8, 4) is 17.2 Å². The molecule has 1 heterocycles. The van der Waals surface area contributed by atoms with E-state index >= 15 is 0 Å². The molecule has 0 aliphatic carbocycles. The summed E-state index contributed by atoms with van der Waals surface area (Å²) in [5.74, 6) is 1.60. The standard InChI is InChI=1S/C25H24N2O3/c1-4-16(2)19-9-14-23-22(15-19)27-25(30-23)18-5-10-20(11-6-18)26-24(28)17-7-12-21(29-3)13-8-17/h5-16H,4H2,1-3H3,(H,26,28)/t16-/m0/s1. The lowest BCUT2D eigenvalue weighted by Crippen LogP contribution is -2.11. The summed E-state index contributed by atoms with van der Waals surface area (Å²) in [6.45, 7) is 4.39. The molecule has 1 amide bonds. The van der Waals surface area contributed by atoms with Gasteiger partial charge in [0, 0.05) is 16.8 Å². The van der Waals surface area contributed by atoms with E-state index in [1.54, 1.807) is 31.4 Å². The van der Waals surface area contributed by atoms with Gasteiger partial charge in [0.15, 0.2) is 5.58 Å². The van der Waals surface area contributed by atoms with E-state index in [0.717, 1.165) is 23.1 Å². The highest BCUT2D eigenvalue weighted by Crippen LogP contribution is 2.28. The van der Waals surface area contributed by atoms with Gasteiger partial charge in [-0.05, 0) is 78.6 Å². The summed E-state index contributed by atoms with van der Waals surface area (Å²) in [7, 11) is 1.60. The van der Waals surface area contributed by atoms with Crippen LogP contribution in [0.25, 0.3) is 22.6 Å². The van der Waals surface area contributed by atoms with Crippen LogP contribution in [0.5, 0.6) is 5.75 Å². The number of rotatable bonds is 6. The Morgan fingerprint density at radius 3 is 2.47 bits per heavy atom. The first kappa shape index (κ1) is 19.7. The fraction of sp³-hybridized carbons (Fsp3) is 0.200. The summed E-state index contributed by atoms with van der Waals surface area (Å²) in [5, 5.41) is 2.90. The maximum Gasteiger partial charge on any atom is 0.255 e. The number of carbonyl (C=O) groups excluding carboxylic acids is 1. The highest BCUT2D eigenvalue weighted by molar-refractivity contribution is 6.04. The molecule has 5 nitrogen and oxygen atoms in total. The summed E-state index contributed by atoms with van der Waals surface area (Å²) in [6.07, 6.45) is 1.08. The molecule has 0 saturated carbocycles. The summed E-state index contributed by atoms with van der Waals surface area (Å²) in [4.78, 5) is 17.1. The molecule has 0 spiro atoms. The molecule has 4 aromatic rings. The number of carbonyl (C=O) groups is 1. The van der Waals surface area contributed by atoms with Gasteiger partial charge in [-0.2, -0.15) is 0 Å². The van der Waals surface area contributed by atoms with Gasteiger partial charge in [0.05, 0.1) is 7.11 Å². The number of amides is 1. The van der Waals surface area contributed by atoms with Crippen molar-refractivity contribution < 1.29 is 13.9 Å². The first-order valence-corrected chi connectivity index (χ1v) is 10.0. The van der Waals surface area contributed by atoms with Crippen molar-refractivity contribution in [1.82, 2.24) is 4.98 Å². The van der Waals surface area contributed by atoms with Crippen LogP contribution in [0.2, 0.25) is 0 Å². The van der Waals surface area contributed by atoms with Crippen LogP contribution in [-0.2, 0) is 0 Å². The normalized spacial score (nSPS) is 12.0. The predicted octanol–water partition coefficient (Wildman–Crippen LogP) is 6.27. The molecule has 0 aliphatic rings. The SMILES string of the molecule is CC[C@H](C)c1ccc2oc(-c3ccc(NC(=O)c4ccc(OC)cc4)cc3)nc2c1. The molecule has 0 radical (unpaired) electrons. The van der Waals surface area contributed by atoms with Crippen molar-refractivity contribution in [2.75, 3.05) is 12.4 Å². The molecule has 0 unspecified atom stereocenters. The summed E-state index contributed by atoms with van der Waals surface area (Å²) >= 11 is 0. The largest absolute Gasteiger partial charge is 0.497 e. The van der Waals surface area contributed by atoms with Crippen LogP contribution in [0.1, 0.15) is 42.1 Å². The Kier molecular flexibility index (Phi) is 5.53. The van der Waals surface area contributed by atoms with Crippen LogP contribution in [0.4, 0.5) is 5.69 Å². The zero-order valence-electron chi connectivity index (χ0n) is 17.3. The molecule has 4 rings (SSSR count). The topological polar surface area (TPSA) is 64.4 Å². The number of aromatic nitrogens is 1. The predicted molar refractivity (Wildman–Crippen MR) is 119 cm³/mol. The van der Waals surface area contributed by atoms with Gasteiger partial charge < -0.3 is 14.5 Å². The molecular weight excluding hydrogens is 376 g/mol. The number of methoxy groups -OCH3 is 1. The van der Waals surface area contributed by atoms with Gasteiger partial charge >= 0.3 is 0 Å². The second kappa shape index (κ2) is 8.41. The Labute approximate surface area is 175 Å². The number of oxazole rings is 1. The van der Waals surface area contributed by atoms with Gasteiger partial charge in [-0.1, -0.05) is 19.9 Å². The van der Waals surface area contributed by atoms with Gasteiger partial charge in [0.25, 0.3) is 5.91 Å². The Hall–Kier alpha value is -3.60. The van der Waals surface area contributed by atoms with Crippen LogP contribution >= 0.6 is 0 Å². The van der Waals surface area contributed by atoms with Crippen molar-refractivity contribution in [3.63, 3.8) is 0 Å². The van der Waals surface area contributed by atoms with Crippen molar-refractivity contribution >= 4 is 22.7 Å². The fourth-order valence-electron chi connectivity index (χ4n) is 3.25. The van der Waals surface area contributed by atoms with Crippen LogP contribution in [-0.4, -0.2) is 18.0 Å². The van der Waals surface area contributed by atoms with Crippen molar-refractivity contribution in [2.24, 2.45) is 0 Å². The Morgan fingerprint density at radius 1 is 1.07 bits per heavy atom. The summed E-state index contributed by atoms with van der Waals surface area (Å²) in [5.41, 5.74) is 5.03. The van der Waals surface area contributed by atoms with Gasteiger partial charge in [0.2, 0.25) is 5.89 Å². The molecule has 1 atom stereocenters. The minimum atomic E-state index is -0.176. The molecule has 0 saturated heterocycles. The minimum Gasteiger partial charge on any atom is -0.497 e. The average Bonchev–Trinajstić information content (AvgIpc) is 3.22. The van der Waals surface area contributed by atoms with Gasteiger partial charge in [-0.3, -0.25) is 4.79 Å². The van der Waals surface area contributed by atoms with Crippen molar-refractivity contribution in [2.45, 2.75) is 26.2 Å². The first-order chi connectivity index (χ1) is 14.6. The molecule has 0 aliphatic heterocycles. The minimum absolute atomic E-state index is 0.176.